The minimum atomic E-state index is -1.01. The van der Waals surface area contributed by atoms with E-state index in [1.165, 1.54) is 0 Å². The first-order valence-electron chi connectivity index (χ1n) is 4.41. The Hall–Kier alpha value is -0.830. The number of nitrogens with zero attached hydrogens (tertiary/aromatic N) is 1. The first-order chi connectivity index (χ1) is 5.75. The second-order valence-electron chi connectivity index (χ2n) is 4.33. The van der Waals surface area contributed by atoms with Crippen LogP contribution in [-0.2, 0) is 4.79 Å². The van der Waals surface area contributed by atoms with E-state index in [0.29, 0.717) is 4.48 Å². The van der Waals surface area contributed by atoms with Crippen molar-refractivity contribution < 1.29 is 14.4 Å². The summed E-state index contributed by atoms with van der Waals surface area (Å²) < 4.78 is 0.404. The van der Waals surface area contributed by atoms with Crippen LogP contribution >= 0.6 is 0 Å². The fraction of sp³-hybridized carbons (Fsp3) is 0.700. The third-order valence-electron chi connectivity index (χ3n) is 2.91. The van der Waals surface area contributed by atoms with E-state index in [2.05, 4.69) is 6.58 Å². The number of hydrogen-bond donors (Lipinski definition) is 0. The molecular formula is C10H19NO2. The molecule has 0 atom stereocenters. The summed E-state index contributed by atoms with van der Waals surface area (Å²) in [6, 6.07) is 0. The molecule has 0 aliphatic heterocycles. The van der Waals surface area contributed by atoms with Crippen LogP contribution in [0.4, 0.5) is 0 Å². The number of carboxylic acids is 1. The summed E-state index contributed by atoms with van der Waals surface area (Å²) in [5.41, 5.74) is -0.858. The molecular weight excluding hydrogens is 166 g/mol. The number of likely N-dealkylation sites (N-methyl/N-ethyl adjacent to an activating group) is 1. The number of carbonyl (C=O) groups excluding carboxylic acids is 1. The standard InChI is InChI=1S/C10H19NO2/c1-6-7-8-11(4,5)10(2,3)9(12)13/h6H,1,7-8H2,2-5H3. The quantitative estimate of drug-likeness (QED) is 0.452. The molecule has 0 rings (SSSR count). The van der Waals surface area contributed by atoms with Crippen LogP contribution in [0, 0.1) is 0 Å². The largest absolute Gasteiger partial charge is 0.544 e. The zero-order chi connectivity index (χ0) is 10.7. The molecule has 0 aromatic rings. The molecule has 0 amide bonds. The van der Waals surface area contributed by atoms with Crippen molar-refractivity contribution in [2.75, 3.05) is 20.6 Å². The van der Waals surface area contributed by atoms with Gasteiger partial charge in [-0.3, -0.25) is 0 Å². The molecule has 0 bridgehead atoms. The number of hydrogen-bond acceptors (Lipinski definition) is 2. The van der Waals surface area contributed by atoms with Crippen molar-refractivity contribution in [2.45, 2.75) is 25.8 Å². The highest BCUT2D eigenvalue weighted by Crippen LogP contribution is 2.19. The molecule has 0 radical (unpaired) electrons. The molecule has 0 fully saturated rings. The average Bonchev–Trinajstić information content (AvgIpc) is 2.00. The van der Waals surface area contributed by atoms with Crippen molar-refractivity contribution in [2.24, 2.45) is 0 Å². The maximum Gasteiger partial charge on any atom is 0.133 e. The van der Waals surface area contributed by atoms with Gasteiger partial charge in [0.25, 0.3) is 0 Å². The van der Waals surface area contributed by atoms with Crippen molar-refractivity contribution >= 4 is 5.97 Å². The van der Waals surface area contributed by atoms with Gasteiger partial charge in [0, 0.05) is 6.42 Å². The maximum absolute atomic E-state index is 10.9. The van der Waals surface area contributed by atoms with Gasteiger partial charge < -0.3 is 14.4 Å². The fourth-order valence-electron chi connectivity index (χ4n) is 0.941. The number of carbonyl (C=O) groups is 1. The Kier molecular flexibility index (Phi) is 3.67. The average molecular weight is 185 g/mol. The molecule has 0 N–H and O–H groups in total. The Morgan fingerprint density at radius 1 is 1.54 bits per heavy atom. The second-order valence-corrected chi connectivity index (χ2v) is 4.33. The molecule has 0 saturated heterocycles. The van der Waals surface area contributed by atoms with Crippen LogP contribution in [0.3, 0.4) is 0 Å². The van der Waals surface area contributed by atoms with Gasteiger partial charge in [-0.15, -0.1) is 6.58 Å². The molecule has 0 heterocycles. The molecule has 3 heteroatoms. The van der Waals surface area contributed by atoms with Crippen LogP contribution < -0.4 is 5.11 Å². The number of rotatable bonds is 5. The predicted molar refractivity (Wildman–Crippen MR) is 50.9 cm³/mol. The van der Waals surface area contributed by atoms with Crippen LogP contribution in [0.1, 0.15) is 20.3 Å². The number of aliphatic carboxylic acids is 1. The molecule has 13 heavy (non-hydrogen) atoms. The fourth-order valence-corrected chi connectivity index (χ4v) is 0.941. The first kappa shape index (κ1) is 12.2. The van der Waals surface area contributed by atoms with E-state index in [0.717, 1.165) is 13.0 Å². The molecule has 0 spiro atoms. The topological polar surface area (TPSA) is 40.1 Å². The Labute approximate surface area is 80.3 Å². The monoisotopic (exact) mass is 185 g/mol. The maximum atomic E-state index is 10.9. The zero-order valence-electron chi connectivity index (χ0n) is 8.96. The van der Waals surface area contributed by atoms with E-state index in [4.69, 9.17) is 0 Å². The van der Waals surface area contributed by atoms with Gasteiger partial charge >= 0.3 is 0 Å². The highest BCUT2D eigenvalue weighted by molar-refractivity contribution is 5.73. The lowest BCUT2D eigenvalue weighted by Crippen LogP contribution is -2.64. The molecule has 76 valence electrons. The number of quaternary nitrogens is 1. The smallest absolute Gasteiger partial charge is 0.133 e. The van der Waals surface area contributed by atoms with Crippen LogP contribution in [0.15, 0.2) is 12.7 Å². The Bertz CT molecular complexity index is 207. The second kappa shape index (κ2) is 3.92. The van der Waals surface area contributed by atoms with E-state index in [9.17, 15) is 9.90 Å². The molecule has 0 aromatic heterocycles. The lowest BCUT2D eigenvalue weighted by Gasteiger charge is -2.44. The minimum Gasteiger partial charge on any atom is -0.544 e. The highest BCUT2D eigenvalue weighted by Gasteiger charge is 2.37. The van der Waals surface area contributed by atoms with Gasteiger partial charge in [0.05, 0.1) is 20.6 Å². The Morgan fingerprint density at radius 3 is 2.31 bits per heavy atom. The SMILES string of the molecule is C=CCC[N+](C)(C)C(C)(C)C(=O)[O-]. The lowest BCUT2D eigenvalue weighted by molar-refractivity contribution is -0.929. The van der Waals surface area contributed by atoms with E-state index in [-0.39, 0.29) is 0 Å². The molecule has 0 unspecified atom stereocenters. The third kappa shape index (κ3) is 2.56. The zero-order valence-corrected chi connectivity index (χ0v) is 8.96. The Balaban J connectivity index is 4.59. The van der Waals surface area contributed by atoms with Crippen molar-refractivity contribution in [1.29, 1.82) is 0 Å². The van der Waals surface area contributed by atoms with E-state index in [1.54, 1.807) is 19.9 Å². The van der Waals surface area contributed by atoms with Gasteiger partial charge in [0.15, 0.2) is 0 Å². The normalized spacial score (nSPS) is 12.6. The summed E-state index contributed by atoms with van der Waals surface area (Å²) in [6.45, 7) is 7.74. The minimum absolute atomic E-state index is 0.404. The summed E-state index contributed by atoms with van der Waals surface area (Å²) in [5, 5.41) is 10.9. The summed E-state index contributed by atoms with van der Waals surface area (Å²) in [7, 11) is 3.78. The third-order valence-corrected chi connectivity index (χ3v) is 2.91. The van der Waals surface area contributed by atoms with Crippen LogP contribution in [0.25, 0.3) is 0 Å². The van der Waals surface area contributed by atoms with Gasteiger partial charge in [-0.2, -0.15) is 0 Å². The van der Waals surface area contributed by atoms with Crippen LogP contribution in [0.5, 0.6) is 0 Å². The summed E-state index contributed by atoms with van der Waals surface area (Å²) >= 11 is 0. The van der Waals surface area contributed by atoms with Crippen molar-refractivity contribution in [1.82, 2.24) is 0 Å². The molecule has 3 nitrogen and oxygen atoms in total. The van der Waals surface area contributed by atoms with Crippen molar-refractivity contribution in [3.8, 4) is 0 Å². The van der Waals surface area contributed by atoms with E-state index >= 15 is 0 Å². The molecule has 0 aliphatic rings. The highest BCUT2D eigenvalue weighted by atomic mass is 16.4. The van der Waals surface area contributed by atoms with E-state index in [1.807, 2.05) is 14.1 Å². The van der Waals surface area contributed by atoms with Gasteiger partial charge in [-0.25, -0.2) is 0 Å². The number of carboxylic acid groups (broad SMARTS) is 1. The first-order valence-corrected chi connectivity index (χ1v) is 4.41. The predicted octanol–water partition coefficient (Wildman–Crippen LogP) is 0.167. The van der Waals surface area contributed by atoms with Gasteiger partial charge in [-0.1, -0.05) is 6.08 Å². The van der Waals surface area contributed by atoms with E-state index < -0.39 is 11.5 Å². The summed E-state index contributed by atoms with van der Waals surface area (Å²) in [6.07, 6.45) is 2.61. The molecule has 0 aromatic carbocycles. The van der Waals surface area contributed by atoms with Crippen molar-refractivity contribution in [3.63, 3.8) is 0 Å². The van der Waals surface area contributed by atoms with Crippen molar-refractivity contribution in [3.05, 3.63) is 12.7 Å². The van der Waals surface area contributed by atoms with Gasteiger partial charge in [-0.05, 0) is 13.8 Å². The van der Waals surface area contributed by atoms with Gasteiger partial charge in [0.2, 0.25) is 0 Å². The lowest BCUT2D eigenvalue weighted by atomic mass is 10.0. The van der Waals surface area contributed by atoms with Gasteiger partial charge in [0.1, 0.15) is 11.5 Å². The Morgan fingerprint density at radius 2 is 2.00 bits per heavy atom. The molecule has 0 saturated carbocycles. The van der Waals surface area contributed by atoms with Crippen LogP contribution in [-0.4, -0.2) is 36.6 Å². The molecule has 0 aliphatic carbocycles. The van der Waals surface area contributed by atoms with Crippen LogP contribution in [0.2, 0.25) is 0 Å². The summed E-state index contributed by atoms with van der Waals surface area (Å²) in [4.78, 5) is 10.9. The summed E-state index contributed by atoms with van der Waals surface area (Å²) in [5.74, 6) is -1.01.